The highest BCUT2D eigenvalue weighted by atomic mass is 31.1. The Morgan fingerprint density at radius 3 is 2.47 bits per heavy atom. The van der Waals surface area contributed by atoms with E-state index in [4.69, 9.17) is 8.93 Å². The first kappa shape index (κ1) is 8.63. The van der Waals surface area contributed by atoms with E-state index in [0.29, 0.717) is 0 Å². The number of fused-ring (bicyclic) bond motifs is 3. The first-order chi connectivity index (χ1) is 7.45. The number of hydrogen-bond donors (Lipinski definition) is 0. The molecule has 0 fully saturated rings. The molecule has 0 aliphatic rings. The summed E-state index contributed by atoms with van der Waals surface area (Å²) in [6.45, 7) is 0. The van der Waals surface area contributed by atoms with Crippen LogP contribution in [0.5, 0.6) is 0 Å². The molecule has 0 aliphatic carbocycles. The molecule has 1 aromatic heterocycles. The molecule has 3 rings (SSSR count). The maximum Gasteiger partial charge on any atom is 0.186 e. The Kier molecular flexibility index (Phi) is 2.01. The molecule has 2 aromatic carbocycles. The van der Waals surface area contributed by atoms with Gasteiger partial charge in [-0.15, -0.1) is 0 Å². The van der Waals surface area contributed by atoms with Crippen molar-refractivity contribution in [2.24, 2.45) is 0 Å². The Bertz CT molecular complexity index is 588. The Hall–Kier alpha value is -1.66. The molecular weight excluding hydrogens is 207 g/mol. The Labute approximate surface area is 87.9 Å². The third kappa shape index (κ3) is 1.43. The van der Waals surface area contributed by atoms with E-state index in [1.54, 1.807) is 0 Å². The topological polar surface area (TPSA) is 26.3 Å². The van der Waals surface area contributed by atoms with Crippen molar-refractivity contribution in [1.82, 2.24) is 0 Å². The number of rotatable bonds is 0. The zero-order valence-electron chi connectivity index (χ0n) is 7.94. The Morgan fingerprint density at radius 1 is 0.800 bits per heavy atom. The minimum Gasteiger partial charge on any atom is -0.288 e. The molecule has 1 heterocycles. The Morgan fingerprint density at radius 2 is 1.53 bits per heavy atom. The molecular formula is C12H9O2P. The van der Waals surface area contributed by atoms with Gasteiger partial charge in [-0.2, -0.15) is 0 Å². The summed E-state index contributed by atoms with van der Waals surface area (Å²) in [6, 6.07) is 16.1. The van der Waals surface area contributed by atoms with Crippen molar-refractivity contribution in [1.29, 1.82) is 0 Å². The van der Waals surface area contributed by atoms with Crippen molar-refractivity contribution in [3.63, 3.8) is 0 Å². The average Bonchev–Trinajstić information content (AvgIpc) is 2.48. The van der Waals surface area contributed by atoms with Crippen molar-refractivity contribution in [2.75, 3.05) is 0 Å². The van der Waals surface area contributed by atoms with Gasteiger partial charge >= 0.3 is 0 Å². The quantitative estimate of drug-likeness (QED) is 0.522. The fourth-order valence-corrected chi connectivity index (χ4v) is 2.39. The van der Waals surface area contributed by atoms with Crippen LogP contribution in [0, 0.1) is 0 Å². The molecule has 0 N–H and O–H groups in total. The van der Waals surface area contributed by atoms with Gasteiger partial charge in [-0.1, -0.05) is 36.4 Å². The first-order valence-electron chi connectivity index (χ1n) is 4.73. The highest BCUT2D eigenvalue weighted by Crippen LogP contribution is 2.28. The number of hydrogen-bond acceptors (Lipinski definition) is 2. The summed E-state index contributed by atoms with van der Waals surface area (Å²) in [6.07, 6.45) is 0. The van der Waals surface area contributed by atoms with Gasteiger partial charge in [0.25, 0.3) is 0 Å². The maximum absolute atomic E-state index is 5.24. The lowest BCUT2D eigenvalue weighted by Crippen LogP contribution is -1.68. The van der Waals surface area contributed by atoms with Gasteiger partial charge in [0.05, 0.1) is 8.43 Å². The second-order valence-electron chi connectivity index (χ2n) is 3.31. The lowest BCUT2D eigenvalue weighted by Gasteiger charge is -1.92. The van der Waals surface area contributed by atoms with E-state index in [2.05, 4.69) is 12.1 Å². The molecule has 3 aromatic rings. The normalized spacial score (nSPS) is 11.2. The van der Waals surface area contributed by atoms with E-state index in [9.17, 15) is 0 Å². The average molecular weight is 216 g/mol. The molecule has 0 saturated carbocycles. The molecule has 1 unspecified atom stereocenters. The van der Waals surface area contributed by atoms with Crippen LogP contribution >= 0.6 is 8.43 Å². The van der Waals surface area contributed by atoms with Crippen molar-refractivity contribution in [2.45, 2.75) is 0 Å². The van der Waals surface area contributed by atoms with E-state index in [1.807, 2.05) is 36.4 Å². The second kappa shape index (κ2) is 3.48. The Balaban J connectivity index is 2.65. The summed E-state index contributed by atoms with van der Waals surface area (Å²) in [7, 11) is 0.240. The van der Waals surface area contributed by atoms with Crippen LogP contribution in [0.2, 0.25) is 0 Å². The zero-order valence-corrected chi connectivity index (χ0v) is 8.94. The van der Waals surface area contributed by atoms with Crippen molar-refractivity contribution in [3.05, 3.63) is 48.5 Å². The summed E-state index contributed by atoms with van der Waals surface area (Å²) in [5.41, 5.74) is 0.787. The number of para-hydroxylation sites is 1. The summed E-state index contributed by atoms with van der Waals surface area (Å²) in [4.78, 5) is 0. The van der Waals surface area contributed by atoms with E-state index in [-0.39, 0.29) is 8.43 Å². The molecule has 0 saturated heterocycles. The monoisotopic (exact) mass is 216 g/mol. The molecule has 3 heteroatoms. The molecule has 0 amide bonds. The van der Waals surface area contributed by atoms with E-state index in [1.165, 1.54) is 10.5 Å². The third-order valence-electron chi connectivity index (χ3n) is 2.39. The first-order valence-corrected chi connectivity index (χ1v) is 5.64. The van der Waals surface area contributed by atoms with Gasteiger partial charge in [0, 0.05) is 10.5 Å². The highest BCUT2D eigenvalue weighted by Gasteiger charge is 1.99. The highest BCUT2D eigenvalue weighted by molar-refractivity contribution is 7.30. The van der Waals surface area contributed by atoms with E-state index < -0.39 is 0 Å². The van der Waals surface area contributed by atoms with Crippen LogP contribution in [-0.2, 0) is 0 Å². The van der Waals surface area contributed by atoms with E-state index >= 15 is 0 Å². The van der Waals surface area contributed by atoms with E-state index in [0.717, 1.165) is 11.0 Å². The molecule has 74 valence electrons. The van der Waals surface area contributed by atoms with Crippen LogP contribution in [0.1, 0.15) is 0 Å². The summed E-state index contributed by atoms with van der Waals surface area (Å²) >= 11 is 0. The van der Waals surface area contributed by atoms with Crippen LogP contribution in [0.4, 0.5) is 0 Å². The lowest BCUT2D eigenvalue weighted by atomic mass is 10.1. The molecule has 1 atom stereocenters. The van der Waals surface area contributed by atoms with Crippen molar-refractivity contribution in [3.8, 4) is 0 Å². The van der Waals surface area contributed by atoms with Gasteiger partial charge in [0.15, 0.2) is 5.58 Å². The van der Waals surface area contributed by atoms with Crippen molar-refractivity contribution < 1.29 is 8.93 Å². The number of benzene rings is 2. The maximum atomic E-state index is 5.24. The molecule has 0 radical (unpaired) electrons. The summed E-state index contributed by atoms with van der Waals surface area (Å²) in [5.74, 6) is 0. The zero-order chi connectivity index (χ0) is 10.1. The van der Waals surface area contributed by atoms with Crippen molar-refractivity contribution >= 4 is 29.9 Å². The van der Waals surface area contributed by atoms with Crippen LogP contribution < -0.4 is 0 Å². The summed E-state index contributed by atoms with van der Waals surface area (Å²) in [5, 5.41) is 3.48. The molecule has 0 aliphatic heterocycles. The van der Waals surface area contributed by atoms with Crippen LogP contribution in [0.25, 0.3) is 21.5 Å². The molecule has 2 nitrogen and oxygen atoms in total. The fraction of sp³-hybridized carbons (Fsp3) is 0. The molecule has 15 heavy (non-hydrogen) atoms. The van der Waals surface area contributed by atoms with Gasteiger partial charge in [0.1, 0.15) is 0 Å². The van der Waals surface area contributed by atoms with Crippen LogP contribution in [-0.4, -0.2) is 0 Å². The molecule has 0 spiro atoms. The SMILES string of the molecule is c1ccc2c(c1)oo[pH]c1ccccc12. The minimum atomic E-state index is 0.240. The fourth-order valence-electron chi connectivity index (χ4n) is 1.68. The van der Waals surface area contributed by atoms with Crippen LogP contribution in [0.3, 0.4) is 0 Å². The second-order valence-corrected chi connectivity index (χ2v) is 4.22. The lowest BCUT2D eigenvalue weighted by molar-refractivity contribution is 0.126. The van der Waals surface area contributed by atoms with Gasteiger partial charge in [0.2, 0.25) is 0 Å². The van der Waals surface area contributed by atoms with Crippen LogP contribution in [0.15, 0.2) is 57.5 Å². The van der Waals surface area contributed by atoms with Gasteiger partial charge in [-0.05, 0) is 17.5 Å². The van der Waals surface area contributed by atoms with Gasteiger partial charge in [-0.3, -0.25) is 8.93 Å². The summed E-state index contributed by atoms with van der Waals surface area (Å²) < 4.78 is 10.4. The third-order valence-corrected chi connectivity index (χ3v) is 3.21. The largest absolute Gasteiger partial charge is 0.288 e. The predicted octanol–water partition coefficient (Wildman–Crippen LogP) is 4.33. The predicted molar refractivity (Wildman–Crippen MR) is 63.1 cm³/mol. The standard InChI is InChI=1S/C12H9O2P/c1-3-7-11-9(5-1)10-6-2-4-8-12(10)15-14-13-11/h1-8,15H. The smallest absolute Gasteiger partial charge is 0.186 e. The molecule has 0 bridgehead atoms. The van der Waals surface area contributed by atoms with Gasteiger partial charge in [-0.25, -0.2) is 0 Å². The van der Waals surface area contributed by atoms with Gasteiger partial charge < -0.3 is 0 Å². The minimum absolute atomic E-state index is 0.240.